The average molecular weight is 380 g/mol. The van der Waals surface area contributed by atoms with Gasteiger partial charge in [-0.2, -0.15) is 0 Å². The van der Waals surface area contributed by atoms with E-state index in [0.29, 0.717) is 28.5 Å². The van der Waals surface area contributed by atoms with E-state index in [1.54, 1.807) is 18.2 Å². The molecule has 0 aliphatic heterocycles. The highest BCUT2D eigenvalue weighted by molar-refractivity contribution is 5.95. The van der Waals surface area contributed by atoms with Gasteiger partial charge in [-0.05, 0) is 47.2 Å². The van der Waals surface area contributed by atoms with Crippen molar-refractivity contribution in [1.82, 2.24) is 10.3 Å². The first-order chi connectivity index (χ1) is 13.4. The molecule has 0 spiro atoms. The minimum Gasteiger partial charge on any atom is -0.497 e. The van der Waals surface area contributed by atoms with Crippen LogP contribution in [-0.2, 0) is 6.54 Å². The monoisotopic (exact) mass is 380 g/mol. The van der Waals surface area contributed by atoms with Crippen LogP contribution >= 0.6 is 0 Å². The van der Waals surface area contributed by atoms with Gasteiger partial charge in [0.05, 0.1) is 14.2 Å². The zero-order valence-electron chi connectivity index (χ0n) is 16.5. The predicted octanol–water partition coefficient (Wildman–Crippen LogP) is 3.60. The first-order valence-electron chi connectivity index (χ1n) is 9.08. The van der Waals surface area contributed by atoms with Gasteiger partial charge in [0.25, 0.3) is 11.5 Å². The highest BCUT2D eigenvalue weighted by Gasteiger charge is 2.11. The molecule has 6 heteroatoms. The van der Waals surface area contributed by atoms with Gasteiger partial charge >= 0.3 is 0 Å². The Kier molecular flexibility index (Phi) is 5.68. The minimum atomic E-state index is -0.312. The molecule has 2 N–H and O–H groups in total. The van der Waals surface area contributed by atoms with Crippen molar-refractivity contribution >= 4 is 16.8 Å². The number of benzene rings is 2. The maximum Gasteiger partial charge on any atom is 0.253 e. The molecule has 0 saturated carbocycles. The molecular formula is C22H24N2O4. The lowest BCUT2D eigenvalue weighted by molar-refractivity contribution is 0.0950. The predicted molar refractivity (Wildman–Crippen MR) is 109 cm³/mol. The van der Waals surface area contributed by atoms with E-state index < -0.39 is 0 Å². The van der Waals surface area contributed by atoms with Gasteiger partial charge in [0, 0.05) is 29.3 Å². The largest absolute Gasteiger partial charge is 0.497 e. The van der Waals surface area contributed by atoms with Crippen molar-refractivity contribution in [2.24, 2.45) is 0 Å². The fourth-order valence-corrected chi connectivity index (χ4v) is 2.98. The number of nitrogens with one attached hydrogen (secondary N) is 2. The number of pyridine rings is 1. The second-order valence-electron chi connectivity index (χ2n) is 6.91. The molecule has 6 nitrogen and oxygen atoms in total. The minimum absolute atomic E-state index is 0.121. The number of rotatable bonds is 6. The molecule has 3 rings (SSSR count). The van der Waals surface area contributed by atoms with Gasteiger partial charge in [0.2, 0.25) is 0 Å². The molecule has 0 atom stereocenters. The second kappa shape index (κ2) is 8.17. The van der Waals surface area contributed by atoms with E-state index in [1.165, 1.54) is 19.8 Å². The van der Waals surface area contributed by atoms with E-state index >= 15 is 0 Å². The van der Waals surface area contributed by atoms with Crippen molar-refractivity contribution in [2.45, 2.75) is 26.3 Å². The van der Waals surface area contributed by atoms with Crippen LogP contribution < -0.4 is 20.3 Å². The van der Waals surface area contributed by atoms with Gasteiger partial charge < -0.3 is 19.8 Å². The molecule has 3 aromatic rings. The summed E-state index contributed by atoms with van der Waals surface area (Å²) in [7, 11) is 3.05. The summed E-state index contributed by atoms with van der Waals surface area (Å²) >= 11 is 0. The maximum absolute atomic E-state index is 12.5. The number of fused-ring (bicyclic) bond motifs is 1. The number of amides is 1. The second-order valence-corrected chi connectivity index (χ2v) is 6.91. The molecule has 1 amide bonds. The van der Waals surface area contributed by atoms with E-state index in [1.807, 2.05) is 18.2 Å². The van der Waals surface area contributed by atoms with Crippen LogP contribution in [0.5, 0.6) is 11.5 Å². The molecule has 28 heavy (non-hydrogen) atoms. The van der Waals surface area contributed by atoms with E-state index in [9.17, 15) is 9.59 Å². The standard InChI is InChI=1S/C22H24N2O4/c1-13(2)14-5-6-20-15(7-14)8-17(22(26)24-20)12-23-21(25)16-9-18(27-3)11-19(10-16)28-4/h5-11,13H,12H2,1-4H3,(H,23,25)(H,24,26). The Labute approximate surface area is 163 Å². The quantitative estimate of drug-likeness (QED) is 0.685. The zero-order chi connectivity index (χ0) is 20.3. The highest BCUT2D eigenvalue weighted by atomic mass is 16.5. The van der Waals surface area contributed by atoms with E-state index in [4.69, 9.17) is 9.47 Å². The number of carbonyl (C=O) groups is 1. The molecule has 1 heterocycles. The number of aromatic amines is 1. The molecule has 0 saturated heterocycles. The molecule has 0 unspecified atom stereocenters. The average Bonchev–Trinajstić information content (AvgIpc) is 2.70. The Balaban J connectivity index is 1.83. The summed E-state index contributed by atoms with van der Waals surface area (Å²) in [6, 6.07) is 12.8. The number of H-pyrrole nitrogens is 1. The summed E-state index contributed by atoms with van der Waals surface area (Å²) in [4.78, 5) is 27.8. The molecule has 1 aromatic heterocycles. The molecule has 0 fully saturated rings. The fourth-order valence-electron chi connectivity index (χ4n) is 2.98. The number of aromatic nitrogens is 1. The summed E-state index contributed by atoms with van der Waals surface area (Å²) < 4.78 is 10.4. The van der Waals surface area contributed by atoms with Gasteiger partial charge in [-0.1, -0.05) is 19.9 Å². The van der Waals surface area contributed by atoms with Crippen LogP contribution in [-0.4, -0.2) is 25.1 Å². The van der Waals surface area contributed by atoms with Crippen LogP contribution in [0.25, 0.3) is 10.9 Å². The van der Waals surface area contributed by atoms with Crippen molar-refractivity contribution in [3.63, 3.8) is 0 Å². The lowest BCUT2D eigenvalue weighted by atomic mass is 10.0. The molecule has 0 radical (unpaired) electrons. The lowest BCUT2D eigenvalue weighted by Crippen LogP contribution is -2.26. The third-order valence-corrected chi connectivity index (χ3v) is 4.66. The number of hydrogen-bond acceptors (Lipinski definition) is 4. The fraction of sp³-hybridized carbons (Fsp3) is 0.273. The van der Waals surface area contributed by atoms with Crippen LogP contribution in [0.2, 0.25) is 0 Å². The highest BCUT2D eigenvalue weighted by Crippen LogP contribution is 2.23. The summed E-state index contributed by atoms with van der Waals surface area (Å²) in [5.74, 6) is 1.12. The van der Waals surface area contributed by atoms with Crippen LogP contribution in [0.15, 0.2) is 47.3 Å². The number of methoxy groups -OCH3 is 2. The van der Waals surface area contributed by atoms with E-state index in [2.05, 4.69) is 30.2 Å². The van der Waals surface area contributed by atoms with Crippen LogP contribution in [0.4, 0.5) is 0 Å². The van der Waals surface area contributed by atoms with Gasteiger partial charge in [-0.25, -0.2) is 0 Å². The van der Waals surface area contributed by atoms with Crippen LogP contribution in [0, 0.1) is 0 Å². The summed E-state index contributed by atoms with van der Waals surface area (Å²) in [6.07, 6.45) is 0. The lowest BCUT2D eigenvalue weighted by Gasteiger charge is -2.10. The van der Waals surface area contributed by atoms with Gasteiger partial charge in [0.15, 0.2) is 0 Å². The molecule has 0 aliphatic rings. The number of carbonyl (C=O) groups excluding carboxylic acids is 1. The van der Waals surface area contributed by atoms with Gasteiger partial charge in [-0.15, -0.1) is 0 Å². The van der Waals surface area contributed by atoms with Crippen LogP contribution in [0.1, 0.15) is 41.3 Å². The topological polar surface area (TPSA) is 80.4 Å². The Morgan fingerprint density at radius 3 is 2.32 bits per heavy atom. The summed E-state index contributed by atoms with van der Waals surface area (Å²) in [5.41, 5.74) is 2.65. The van der Waals surface area contributed by atoms with Crippen LogP contribution in [0.3, 0.4) is 0 Å². The van der Waals surface area contributed by atoms with Crippen molar-refractivity contribution in [2.75, 3.05) is 14.2 Å². The van der Waals surface area contributed by atoms with Gasteiger partial charge in [-0.3, -0.25) is 9.59 Å². The van der Waals surface area contributed by atoms with Crippen molar-refractivity contribution < 1.29 is 14.3 Å². The zero-order valence-corrected chi connectivity index (χ0v) is 16.5. The maximum atomic E-state index is 12.5. The Bertz CT molecular complexity index is 1050. The Morgan fingerprint density at radius 1 is 1.04 bits per heavy atom. The normalized spacial score (nSPS) is 10.9. The first-order valence-corrected chi connectivity index (χ1v) is 9.08. The molecular weight excluding hydrogens is 356 g/mol. The van der Waals surface area contributed by atoms with Gasteiger partial charge in [0.1, 0.15) is 11.5 Å². The van der Waals surface area contributed by atoms with E-state index in [-0.39, 0.29) is 18.0 Å². The molecule has 0 bridgehead atoms. The summed E-state index contributed by atoms with van der Waals surface area (Å²) in [6.45, 7) is 4.36. The SMILES string of the molecule is COc1cc(OC)cc(C(=O)NCc2cc3cc(C(C)C)ccc3[nH]c2=O)c1. The number of hydrogen-bond donors (Lipinski definition) is 2. The Hall–Kier alpha value is -3.28. The van der Waals surface area contributed by atoms with Crippen molar-refractivity contribution in [3.8, 4) is 11.5 Å². The third-order valence-electron chi connectivity index (χ3n) is 4.66. The third kappa shape index (κ3) is 4.17. The summed E-state index contributed by atoms with van der Waals surface area (Å²) in [5, 5.41) is 3.73. The first kappa shape index (κ1) is 19.5. The van der Waals surface area contributed by atoms with Crippen molar-refractivity contribution in [1.29, 1.82) is 0 Å². The smallest absolute Gasteiger partial charge is 0.253 e. The van der Waals surface area contributed by atoms with Crippen molar-refractivity contribution in [3.05, 3.63) is 69.5 Å². The molecule has 2 aromatic carbocycles. The molecule has 0 aliphatic carbocycles. The Morgan fingerprint density at radius 2 is 1.71 bits per heavy atom. The molecule has 146 valence electrons. The number of ether oxygens (including phenoxy) is 2. The van der Waals surface area contributed by atoms with E-state index in [0.717, 1.165) is 10.9 Å².